The van der Waals surface area contributed by atoms with Crippen LogP contribution in [-0.2, 0) is 17.9 Å². The second-order valence-corrected chi connectivity index (χ2v) is 7.33. The van der Waals surface area contributed by atoms with Gasteiger partial charge in [0.05, 0.1) is 16.3 Å². The van der Waals surface area contributed by atoms with E-state index in [9.17, 15) is 9.59 Å². The van der Waals surface area contributed by atoms with Gasteiger partial charge in [0.15, 0.2) is 0 Å². The lowest BCUT2D eigenvalue weighted by molar-refractivity contribution is -0.116. The topological polar surface area (TPSA) is 93.8 Å². The molecule has 2 aromatic heterocycles. The van der Waals surface area contributed by atoms with E-state index in [1.54, 1.807) is 47.4 Å². The van der Waals surface area contributed by atoms with Crippen molar-refractivity contribution >= 4 is 45.8 Å². The van der Waals surface area contributed by atoms with Gasteiger partial charge in [0.2, 0.25) is 5.91 Å². The lowest BCUT2D eigenvalue weighted by Gasteiger charge is -2.10. The number of aromatic nitrogens is 4. The largest absolute Gasteiger partial charge is 0.326 e. The maximum Gasteiger partial charge on any atom is 0.273 e. The van der Waals surface area contributed by atoms with E-state index in [-0.39, 0.29) is 11.8 Å². The van der Waals surface area contributed by atoms with E-state index >= 15 is 0 Å². The van der Waals surface area contributed by atoms with Crippen LogP contribution in [0.3, 0.4) is 0 Å². The summed E-state index contributed by atoms with van der Waals surface area (Å²) in [6.07, 6.45) is 3.69. The van der Waals surface area contributed by atoms with Gasteiger partial charge in [-0.15, -0.1) is 0 Å². The third-order valence-corrected chi connectivity index (χ3v) is 5.31. The summed E-state index contributed by atoms with van der Waals surface area (Å²) >= 11 is 2.22. The SMILES string of the molecule is CCn1nccc1C(=O)Nc1cccc(NC(=O)CCn2ncc(I)c2C)c1. The zero-order valence-electron chi connectivity index (χ0n) is 15.6. The van der Waals surface area contributed by atoms with E-state index in [1.807, 2.05) is 18.5 Å². The Balaban J connectivity index is 1.59. The minimum Gasteiger partial charge on any atom is -0.326 e. The molecule has 0 aliphatic heterocycles. The number of nitrogens with zero attached hydrogens (tertiary/aromatic N) is 4. The van der Waals surface area contributed by atoms with Crippen LogP contribution < -0.4 is 10.6 Å². The quantitative estimate of drug-likeness (QED) is 0.495. The molecule has 8 nitrogen and oxygen atoms in total. The van der Waals surface area contributed by atoms with Gasteiger partial charge in [-0.3, -0.25) is 19.0 Å². The summed E-state index contributed by atoms with van der Waals surface area (Å²) in [4.78, 5) is 24.7. The molecule has 2 heterocycles. The predicted octanol–water partition coefficient (Wildman–Crippen LogP) is 3.29. The Morgan fingerprint density at radius 2 is 1.86 bits per heavy atom. The first kappa shape index (κ1) is 20.1. The van der Waals surface area contributed by atoms with Gasteiger partial charge in [-0.25, -0.2) is 0 Å². The molecular weight excluding hydrogens is 471 g/mol. The van der Waals surface area contributed by atoms with Crippen LogP contribution in [0.1, 0.15) is 29.5 Å². The molecule has 0 aliphatic carbocycles. The van der Waals surface area contributed by atoms with Crippen molar-refractivity contribution in [2.24, 2.45) is 0 Å². The second kappa shape index (κ2) is 9.00. The monoisotopic (exact) mass is 492 g/mol. The highest BCUT2D eigenvalue weighted by Gasteiger charge is 2.12. The first-order valence-corrected chi connectivity index (χ1v) is 9.96. The lowest BCUT2D eigenvalue weighted by Crippen LogP contribution is -2.18. The highest BCUT2D eigenvalue weighted by atomic mass is 127. The fourth-order valence-electron chi connectivity index (χ4n) is 2.73. The van der Waals surface area contributed by atoms with Gasteiger partial charge in [-0.2, -0.15) is 10.2 Å². The molecule has 0 fully saturated rings. The van der Waals surface area contributed by atoms with Crippen LogP contribution in [0.2, 0.25) is 0 Å². The molecule has 0 bridgehead atoms. The molecule has 3 rings (SSSR count). The number of hydrogen-bond donors (Lipinski definition) is 2. The van der Waals surface area contributed by atoms with Crippen molar-refractivity contribution in [1.82, 2.24) is 19.6 Å². The molecular formula is C19H21IN6O2. The minimum absolute atomic E-state index is 0.113. The molecule has 0 atom stereocenters. The number of nitrogens with one attached hydrogen (secondary N) is 2. The Morgan fingerprint density at radius 1 is 1.11 bits per heavy atom. The molecule has 0 spiro atoms. The zero-order chi connectivity index (χ0) is 20.1. The predicted molar refractivity (Wildman–Crippen MR) is 115 cm³/mol. The van der Waals surface area contributed by atoms with Gasteiger partial charge in [0.25, 0.3) is 5.91 Å². The van der Waals surface area contributed by atoms with Crippen LogP contribution in [0.15, 0.2) is 42.7 Å². The number of aryl methyl sites for hydroxylation is 2. The number of rotatable bonds is 7. The third-order valence-electron chi connectivity index (χ3n) is 4.25. The van der Waals surface area contributed by atoms with Crippen molar-refractivity contribution in [2.45, 2.75) is 33.4 Å². The smallest absolute Gasteiger partial charge is 0.273 e. The molecule has 0 saturated heterocycles. The Bertz CT molecular complexity index is 994. The molecule has 1 aromatic carbocycles. The van der Waals surface area contributed by atoms with Crippen molar-refractivity contribution in [3.63, 3.8) is 0 Å². The van der Waals surface area contributed by atoms with E-state index in [2.05, 4.69) is 43.4 Å². The van der Waals surface area contributed by atoms with Crippen LogP contribution >= 0.6 is 22.6 Å². The van der Waals surface area contributed by atoms with E-state index in [1.165, 1.54) is 0 Å². The van der Waals surface area contributed by atoms with E-state index in [0.29, 0.717) is 36.6 Å². The van der Waals surface area contributed by atoms with Crippen LogP contribution in [0.25, 0.3) is 0 Å². The fourth-order valence-corrected chi connectivity index (χ4v) is 3.13. The van der Waals surface area contributed by atoms with Crippen molar-refractivity contribution < 1.29 is 9.59 Å². The first-order valence-electron chi connectivity index (χ1n) is 8.89. The van der Waals surface area contributed by atoms with Crippen molar-refractivity contribution in [3.05, 3.63) is 57.7 Å². The third kappa shape index (κ3) is 4.77. The summed E-state index contributed by atoms with van der Waals surface area (Å²) in [5, 5.41) is 14.0. The lowest BCUT2D eigenvalue weighted by atomic mass is 10.2. The van der Waals surface area contributed by atoms with Crippen LogP contribution in [0.4, 0.5) is 11.4 Å². The molecule has 146 valence electrons. The second-order valence-electron chi connectivity index (χ2n) is 6.17. The van der Waals surface area contributed by atoms with Gasteiger partial charge in [-0.1, -0.05) is 6.07 Å². The summed E-state index contributed by atoms with van der Waals surface area (Å²) in [6, 6.07) is 8.73. The Morgan fingerprint density at radius 3 is 2.54 bits per heavy atom. The summed E-state index contributed by atoms with van der Waals surface area (Å²) in [6.45, 7) is 5.02. The van der Waals surface area contributed by atoms with Gasteiger partial charge in [0.1, 0.15) is 5.69 Å². The Hall–Kier alpha value is -2.69. The first-order chi connectivity index (χ1) is 13.5. The number of benzene rings is 1. The van der Waals surface area contributed by atoms with Crippen molar-refractivity contribution in [1.29, 1.82) is 0 Å². The van der Waals surface area contributed by atoms with E-state index < -0.39 is 0 Å². The van der Waals surface area contributed by atoms with Crippen LogP contribution in [0, 0.1) is 10.5 Å². The summed E-state index contributed by atoms with van der Waals surface area (Å²) < 4.78 is 4.51. The maximum absolute atomic E-state index is 12.4. The Kier molecular flexibility index (Phi) is 6.45. The van der Waals surface area contributed by atoms with E-state index in [0.717, 1.165) is 9.26 Å². The van der Waals surface area contributed by atoms with Crippen LogP contribution in [-0.4, -0.2) is 31.4 Å². The molecule has 28 heavy (non-hydrogen) atoms. The number of carbonyl (C=O) groups excluding carboxylic acids is 2. The summed E-state index contributed by atoms with van der Waals surface area (Å²) in [5.41, 5.74) is 2.76. The highest BCUT2D eigenvalue weighted by Crippen LogP contribution is 2.17. The number of hydrogen-bond acceptors (Lipinski definition) is 4. The average Bonchev–Trinajstić information content (AvgIpc) is 3.28. The molecule has 0 saturated carbocycles. The zero-order valence-corrected chi connectivity index (χ0v) is 17.8. The molecule has 0 radical (unpaired) electrons. The number of halogens is 1. The maximum atomic E-state index is 12.4. The summed E-state index contributed by atoms with van der Waals surface area (Å²) in [7, 11) is 0. The van der Waals surface area contributed by atoms with Crippen LogP contribution in [0.5, 0.6) is 0 Å². The normalized spacial score (nSPS) is 10.7. The van der Waals surface area contributed by atoms with Crippen molar-refractivity contribution in [2.75, 3.05) is 10.6 Å². The van der Waals surface area contributed by atoms with Gasteiger partial charge in [-0.05, 0) is 60.7 Å². The van der Waals surface area contributed by atoms with Gasteiger partial charge >= 0.3 is 0 Å². The standard InChI is InChI=1S/C19H21IN6O2/c1-3-25-17(7-9-21-25)19(28)24-15-6-4-5-14(11-15)23-18(27)8-10-26-13(2)16(20)12-22-26/h4-7,9,11-12H,3,8,10H2,1-2H3,(H,23,27)(H,24,28). The molecule has 3 aromatic rings. The molecule has 9 heteroatoms. The Labute approximate surface area is 176 Å². The van der Waals surface area contributed by atoms with Gasteiger partial charge in [0, 0.05) is 36.2 Å². The van der Waals surface area contributed by atoms with Gasteiger partial charge < -0.3 is 10.6 Å². The number of anilines is 2. The molecule has 2 amide bonds. The molecule has 2 N–H and O–H groups in total. The number of amides is 2. The minimum atomic E-state index is -0.244. The number of carbonyl (C=O) groups is 2. The average molecular weight is 492 g/mol. The van der Waals surface area contributed by atoms with E-state index in [4.69, 9.17) is 0 Å². The molecule has 0 unspecified atom stereocenters. The fraction of sp³-hybridized carbons (Fsp3) is 0.263. The van der Waals surface area contributed by atoms with Crippen molar-refractivity contribution in [3.8, 4) is 0 Å². The molecule has 0 aliphatic rings. The summed E-state index contributed by atoms with van der Waals surface area (Å²) in [5.74, 6) is -0.357. The highest BCUT2D eigenvalue weighted by molar-refractivity contribution is 14.1.